The normalized spacial score (nSPS) is 8.80. The molecule has 0 aliphatic carbocycles. The number of carbonyl (C=O) groups is 1. The van der Waals surface area contributed by atoms with E-state index in [4.69, 9.17) is 25.7 Å². The monoisotopic (exact) mass is 272 g/mol. The Labute approximate surface area is 115 Å². The lowest BCUT2D eigenvalue weighted by Crippen LogP contribution is -2.14. The van der Waals surface area contributed by atoms with E-state index < -0.39 is 5.91 Å². The number of hydrogen-bond donors (Lipinski definition) is 2. The maximum atomic E-state index is 11.4. The van der Waals surface area contributed by atoms with Crippen molar-refractivity contribution in [2.24, 2.45) is 5.73 Å². The van der Waals surface area contributed by atoms with Crippen LogP contribution in [0.3, 0.4) is 0 Å². The Kier molecular flexibility index (Phi) is 4.96. The molecule has 102 valence electrons. The van der Waals surface area contributed by atoms with E-state index in [2.05, 4.69) is 5.32 Å². The highest BCUT2D eigenvalue weighted by atomic mass is 16.5. The van der Waals surface area contributed by atoms with Gasteiger partial charge in [0, 0.05) is 12.3 Å². The molecule has 0 aliphatic rings. The van der Waals surface area contributed by atoms with Gasteiger partial charge in [-0.3, -0.25) is 4.79 Å². The van der Waals surface area contributed by atoms with E-state index in [1.165, 1.54) is 32.6 Å². The predicted molar refractivity (Wildman–Crippen MR) is 71.0 cm³/mol. The minimum Gasteiger partial charge on any atom is -0.493 e. The molecule has 0 atom stereocenters. The van der Waals surface area contributed by atoms with Crippen molar-refractivity contribution in [2.45, 2.75) is 0 Å². The van der Waals surface area contributed by atoms with Gasteiger partial charge in [0.25, 0.3) is 5.91 Å². The van der Waals surface area contributed by atoms with Crippen molar-refractivity contribution in [1.82, 2.24) is 0 Å². The lowest BCUT2D eigenvalue weighted by Gasteiger charge is -2.13. The third-order valence-electron chi connectivity index (χ3n) is 2.40. The van der Waals surface area contributed by atoms with Crippen molar-refractivity contribution in [1.29, 1.82) is 10.5 Å². The van der Waals surface area contributed by atoms with Crippen LogP contribution in [0.4, 0.5) is 5.69 Å². The summed E-state index contributed by atoms with van der Waals surface area (Å²) in [5.41, 5.74) is 5.58. The molecule has 0 fully saturated rings. The van der Waals surface area contributed by atoms with Gasteiger partial charge in [0.05, 0.1) is 25.5 Å². The molecule has 0 heterocycles. The summed E-state index contributed by atoms with van der Waals surface area (Å²) in [6.45, 7) is 0. The maximum absolute atomic E-state index is 11.4. The van der Waals surface area contributed by atoms with Crippen LogP contribution in [0.2, 0.25) is 0 Å². The van der Waals surface area contributed by atoms with E-state index in [-0.39, 0.29) is 11.1 Å². The van der Waals surface area contributed by atoms with Crippen LogP contribution in [0.25, 0.3) is 0 Å². The summed E-state index contributed by atoms with van der Waals surface area (Å²) < 4.78 is 10.2. The smallest absolute Gasteiger partial charge is 0.250 e. The number of amides is 1. The molecule has 3 N–H and O–H groups in total. The van der Waals surface area contributed by atoms with Gasteiger partial charge in [-0.05, 0) is 6.07 Å². The summed E-state index contributed by atoms with van der Waals surface area (Å²) >= 11 is 0. The number of nitrogens with zero attached hydrogens (tertiary/aromatic N) is 2. The van der Waals surface area contributed by atoms with Gasteiger partial charge in [-0.1, -0.05) is 0 Å². The first-order valence-electron chi connectivity index (χ1n) is 5.40. The second-order valence-electron chi connectivity index (χ2n) is 3.54. The minimum absolute atomic E-state index is 0.143. The Morgan fingerprint density at radius 1 is 1.25 bits per heavy atom. The van der Waals surface area contributed by atoms with E-state index in [0.717, 1.165) is 0 Å². The fraction of sp³-hybridized carbons (Fsp3) is 0.154. The van der Waals surface area contributed by atoms with Crippen LogP contribution < -0.4 is 20.5 Å². The standard InChI is InChI=1S/C13H12N4O3/c1-19-11-3-9(13(16)18)10(4-12(11)20-2)17-7-8(5-14)6-15/h3-4,7,17H,1-2H3,(H2,16,18). The number of methoxy groups -OCH3 is 2. The number of carbonyl (C=O) groups excluding carboxylic acids is 1. The average Bonchev–Trinajstić information content (AvgIpc) is 2.47. The first kappa shape index (κ1) is 14.9. The Balaban J connectivity index is 3.31. The molecule has 1 rings (SSSR count). The third kappa shape index (κ3) is 3.18. The number of primary amides is 1. The summed E-state index contributed by atoms with van der Waals surface area (Å²) in [6.07, 6.45) is 1.17. The molecule has 0 unspecified atom stereocenters. The van der Waals surface area contributed by atoms with Crippen molar-refractivity contribution in [3.8, 4) is 23.6 Å². The van der Waals surface area contributed by atoms with Crippen LogP contribution in [0.5, 0.6) is 11.5 Å². The fourth-order valence-electron chi connectivity index (χ4n) is 1.44. The summed E-state index contributed by atoms with van der Waals surface area (Å²) in [4.78, 5) is 11.4. The molecule has 7 nitrogen and oxygen atoms in total. The molecule has 0 saturated carbocycles. The molecule has 0 aromatic heterocycles. The fourth-order valence-corrected chi connectivity index (χ4v) is 1.44. The first-order chi connectivity index (χ1) is 9.57. The topological polar surface area (TPSA) is 121 Å². The number of hydrogen-bond acceptors (Lipinski definition) is 6. The highest BCUT2D eigenvalue weighted by Crippen LogP contribution is 2.33. The van der Waals surface area contributed by atoms with Crippen molar-refractivity contribution in [3.05, 3.63) is 29.5 Å². The van der Waals surface area contributed by atoms with E-state index in [1.54, 1.807) is 12.1 Å². The van der Waals surface area contributed by atoms with Crippen LogP contribution in [-0.4, -0.2) is 20.1 Å². The SMILES string of the molecule is COc1cc(NC=C(C#N)C#N)c(C(N)=O)cc1OC. The van der Waals surface area contributed by atoms with Gasteiger partial charge in [-0.25, -0.2) is 0 Å². The number of ether oxygens (including phenoxy) is 2. The van der Waals surface area contributed by atoms with Gasteiger partial charge in [0.1, 0.15) is 17.7 Å². The number of benzene rings is 1. The van der Waals surface area contributed by atoms with Gasteiger partial charge < -0.3 is 20.5 Å². The summed E-state index contributed by atoms with van der Waals surface area (Å²) in [5.74, 6) is 0.0396. The number of nitrogens with two attached hydrogens (primary N) is 1. The van der Waals surface area contributed by atoms with Gasteiger partial charge in [-0.2, -0.15) is 10.5 Å². The molecule has 0 spiro atoms. The highest BCUT2D eigenvalue weighted by Gasteiger charge is 2.14. The van der Waals surface area contributed by atoms with Crippen LogP contribution >= 0.6 is 0 Å². The Morgan fingerprint density at radius 3 is 2.25 bits per heavy atom. The van der Waals surface area contributed by atoms with Crippen molar-refractivity contribution in [2.75, 3.05) is 19.5 Å². The molecule has 1 aromatic rings. The van der Waals surface area contributed by atoms with Crippen LogP contribution in [-0.2, 0) is 0 Å². The minimum atomic E-state index is -0.683. The second-order valence-corrected chi connectivity index (χ2v) is 3.54. The lowest BCUT2D eigenvalue weighted by atomic mass is 10.1. The molecule has 0 bridgehead atoms. The van der Waals surface area contributed by atoms with Crippen LogP contribution in [0, 0.1) is 22.7 Å². The third-order valence-corrected chi connectivity index (χ3v) is 2.40. The molecular weight excluding hydrogens is 260 g/mol. The molecule has 0 aliphatic heterocycles. The molecular formula is C13H12N4O3. The van der Waals surface area contributed by atoms with E-state index in [0.29, 0.717) is 17.2 Å². The molecule has 7 heteroatoms. The quantitative estimate of drug-likeness (QED) is 0.775. The number of rotatable bonds is 5. The number of anilines is 1. The summed E-state index contributed by atoms with van der Waals surface area (Å²) in [5, 5.41) is 20.0. The van der Waals surface area contributed by atoms with Gasteiger partial charge in [-0.15, -0.1) is 0 Å². The Bertz CT molecular complexity index is 622. The highest BCUT2D eigenvalue weighted by molar-refractivity contribution is 5.99. The molecule has 0 radical (unpaired) electrons. The van der Waals surface area contributed by atoms with Crippen molar-refractivity contribution < 1.29 is 14.3 Å². The molecule has 0 saturated heterocycles. The van der Waals surface area contributed by atoms with Gasteiger partial charge in [0.2, 0.25) is 0 Å². The zero-order valence-electron chi connectivity index (χ0n) is 10.9. The second kappa shape index (κ2) is 6.66. The zero-order chi connectivity index (χ0) is 15.1. The number of nitrogens with one attached hydrogen (secondary N) is 1. The van der Waals surface area contributed by atoms with Crippen LogP contribution in [0.15, 0.2) is 23.9 Å². The number of allylic oxidation sites excluding steroid dienone is 1. The van der Waals surface area contributed by atoms with Crippen LogP contribution in [0.1, 0.15) is 10.4 Å². The van der Waals surface area contributed by atoms with Gasteiger partial charge >= 0.3 is 0 Å². The molecule has 20 heavy (non-hydrogen) atoms. The summed E-state index contributed by atoms with van der Waals surface area (Å²) in [7, 11) is 2.87. The lowest BCUT2D eigenvalue weighted by molar-refractivity contribution is 0.100. The zero-order valence-corrected chi connectivity index (χ0v) is 10.9. The Hall–Kier alpha value is -3.19. The molecule has 1 aromatic carbocycles. The summed E-state index contributed by atoms with van der Waals surface area (Å²) in [6, 6.07) is 6.27. The average molecular weight is 272 g/mol. The molecule has 1 amide bonds. The van der Waals surface area contributed by atoms with Gasteiger partial charge in [0.15, 0.2) is 11.5 Å². The largest absolute Gasteiger partial charge is 0.493 e. The number of nitriles is 2. The van der Waals surface area contributed by atoms with Crippen molar-refractivity contribution >= 4 is 11.6 Å². The first-order valence-corrected chi connectivity index (χ1v) is 5.40. The van der Waals surface area contributed by atoms with E-state index in [1.807, 2.05) is 0 Å². The van der Waals surface area contributed by atoms with E-state index in [9.17, 15) is 4.79 Å². The maximum Gasteiger partial charge on any atom is 0.250 e. The Morgan fingerprint density at radius 2 is 1.80 bits per heavy atom. The predicted octanol–water partition coefficient (Wildman–Crippen LogP) is 1.15. The van der Waals surface area contributed by atoms with E-state index >= 15 is 0 Å². The van der Waals surface area contributed by atoms with Crippen molar-refractivity contribution in [3.63, 3.8) is 0 Å².